The van der Waals surface area contributed by atoms with E-state index in [2.05, 4.69) is 15.3 Å². The van der Waals surface area contributed by atoms with E-state index in [0.29, 0.717) is 30.4 Å². The lowest BCUT2D eigenvalue weighted by Gasteiger charge is -2.32. The number of piperidine rings is 1. The van der Waals surface area contributed by atoms with Crippen LogP contribution >= 0.6 is 11.8 Å². The zero-order valence-corrected chi connectivity index (χ0v) is 22.0. The minimum absolute atomic E-state index is 0.0569. The number of nitrogens with zero attached hydrogens (tertiary/aromatic N) is 3. The van der Waals surface area contributed by atoms with Crippen molar-refractivity contribution in [3.63, 3.8) is 0 Å². The Morgan fingerprint density at radius 1 is 1.06 bits per heavy atom. The van der Waals surface area contributed by atoms with Crippen LogP contribution in [0.4, 0.5) is 4.79 Å². The van der Waals surface area contributed by atoms with E-state index in [4.69, 9.17) is 0 Å². The van der Waals surface area contributed by atoms with Crippen molar-refractivity contribution in [3.8, 4) is 0 Å². The highest BCUT2D eigenvalue weighted by atomic mass is 32.2. The van der Waals surface area contributed by atoms with E-state index in [9.17, 15) is 14.7 Å². The van der Waals surface area contributed by atoms with Gasteiger partial charge in [0.25, 0.3) is 11.1 Å². The lowest BCUT2D eigenvalue weighted by Crippen LogP contribution is -2.44. The van der Waals surface area contributed by atoms with Gasteiger partial charge in [0.2, 0.25) is 0 Å². The topological polar surface area (TPSA) is 95.4 Å². The van der Waals surface area contributed by atoms with Gasteiger partial charge in [0.1, 0.15) is 5.82 Å². The standard InChI is InChI=1S/C28H38N4O3S/c1-20-29-18-24(27(34)31-25(19-33)21-10-6-3-2-4-7-11-21)26(30-20)22-14-16-32(17-15-22)28(35)36-23-12-8-5-9-13-23/h5,8-9,12-13,18,21-22,25,33H,2-4,6-7,10-11,14-17,19H2,1H3,(H,31,34). The Morgan fingerprint density at radius 2 is 1.72 bits per heavy atom. The van der Waals surface area contributed by atoms with E-state index in [1.54, 1.807) is 6.20 Å². The first-order valence-corrected chi connectivity index (χ1v) is 14.1. The summed E-state index contributed by atoms with van der Waals surface area (Å²) in [5, 5.41) is 13.3. The molecular formula is C28H38N4O3S. The van der Waals surface area contributed by atoms with Gasteiger partial charge in [-0.25, -0.2) is 9.97 Å². The summed E-state index contributed by atoms with van der Waals surface area (Å²) in [6.45, 7) is 3.05. The summed E-state index contributed by atoms with van der Waals surface area (Å²) in [4.78, 5) is 38.0. The highest BCUT2D eigenvalue weighted by molar-refractivity contribution is 8.13. The van der Waals surface area contributed by atoms with Crippen molar-refractivity contribution < 1.29 is 14.7 Å². The number of carbonyl (C=O) groups is 2. The van der Waals surface area contributed by atoms with Crippen LogP contribution < -0.4 is 5.32 Å². The number of thioether (sulfide) groups is 1. The Bertz CT molecular complexity index is 1000. The van der Waals surface area contributed by atoms with Crippen LogP contribution in [0.25, 0.3) is 0 Å². The van der Waals surface area contributed by atoms with Gasteiger partial charge in [-0.05, 0) is 62.4 Å². The maximum Gasteiger partial charge on any atom is 0.286 e. The Balaban J connectivity index is 1.40. The van der Waals surface area contributed by atoms with E-state index >= 15 is 0 Å². The molecule has 1 aliphatic heterocycles. The van der Waals surface area contributed by atoms with E-state index in [0.717, 1.165) is 49.1 Å². The molecule has 2 N–H and O–H groups in total. The molecule has 0 spiro atoms. The number of benzene rings is 1. The number of likely N-dealkylation sites (tertiary alicyclic amines) is 1. The number of aryl methyl sites for hydroxylation is 1. The quantitative estimate of drug-likeness (QED) is 0.510. The normalized spacial score (nSPS) is 18.8. The van der Waals surface area contributed by atoms with Gasteiger partial charge in [0, 0.05) is 30.1 Å². The second-order valence-electron chi connectivity index (χ2n) is 10.0. The Labute approximate surface area is 218 Å². The van der Waals surface area contributed by atoms with Crippen LogP contribution in [0, 0.1) is 12.8 Å². The second kappa shape index (κ2) is 13.2. The van der Waals surface area contributed by atoms with Gasteiger partial charge in [0.05, 0.1) is 23.9 Å². The highest BCUT2D eigenvalue weighted by Gasteiger charge is 2.30. The van der Waals surface area contributed by atoms with Gasteiger partial charge >= 0.3 is 0 Å². The average Bonchev–Trinajstić information content (AvgIpc) is 2.88. The molecule has 0 radical (unpaired) electrons. The van der Waals surface area contributed by atoms with Gasteiger partial charge in [0.15, 0.2) is 0 Å². The molecule has 1 saturated carbocycles. The van der Waals surface area contributed by atoms with Crippen molar-refractivity contribution in [2.45, 2.75) is 81.6 Å². The molecule has 8 heteroatoms. The van der Waals surface area contributed by atoms with E-state index in [1.807, 2.05) is 42.2 Å². The van der Waals surface area contributed by atoms with Crippen LogP contribution in [-0.4, -0.2) is 56.9 Å². The van der Waals surface area contributed by atoms with Crippen molar-refractivity contribution in [2.24, 2.45) is 5.92 Å². The zero-order valence-electron chi connectivity index (χ0n) is 21.2. The van der Waals surface area contributed by atoms with Crippen molar-refractivity contribution in [3.05, 3.63) is 53.6 Å². The number of aliphatic hydroxyl groups excluding tert-OH is 1. The molecule has 2 aliphatic rings. The fourth-order valence-corrected chi connectivity index (χ4v) is 6.22. The molecule has 2 heterocycles. The van der Waals surface area contributed by atoms with Gasteiger partial charge < -0.3 is 15.3 Å². The molecule has 1 aromatic carbocycles. The van der Waals surface area contributed by atoms with Crippen LogP contribution in [0.5, 0.6) is 0 Å². The monoisotopic (exact) mass is 510 g/mol. The van der Waals surface area contributed by atoms with Crippen LogP contribution in [0.15, 0.2) is 41.4 Å². The van der Waals surface area contributed by atoms with Crippen LogP contribution in [0.2, 0.25) is 0 Å². The Morgan fingerprint density at radius 3 is 2.39 bits per heavy atom. The van der Waals surface area contributed by atoms with Crippen molar-refractivity contribution in [2.75, 3.05) is 19.7 Å². The smallest absolute Gasteiger partial charge is 0.286 e. The van der Waals surface area contributed by atoms with Gasteiger partial charge in [-0.3, -0.25) is 9.59 Å². The van der Waals surface area contributed by atoms with Gasteiger partial charge in [-0.2, -0.15) is 0 Å². The highest BCUT2D eigenvalue weighted by Crippen LogP contribution is 2.32. The molecule has 36 heavy (non-hydrogen) atoms. The molecule has 1 aromatic heterocycles. The van der Waals surface area contributed by atoms with Gasteiger partial charge in [-0.1, -0.05) is 50.3 Å². The summed E-state index contributed by atoms with van der Waals surface area (Å²) in [6.07, 6.45) is 11.2. The van der Waals surface area contributed by atoms with E-state index in [1.165, 1.54) is 31.0 Å². The number of hydrogen-bond donors (Lipinski definition) is 2. The molecule has 1 saturated heterocycles. The molecule has 2 amide bonds. The number of nitrogens with one attached hydrogen (secondary N) is 1. The predicted octanol–water partition coefficient (Wildman–Crippen LogP) is 5.33. The molecule has 194 valence electrons. The lowest BCUT2D eigenvalue weighted by atomic mass is 9.85. The number of rotatable bonds is 6. The molecule has 0 bridgehead atoms. The first kappa shape index (κ1) is 26.6. The molecule has 2 aromatic rings. The van der Waals surface area contributed by atoms with Crippen molar-refractivity contribution in [1.82, 2.24) is 20.2 Å². The number of amides is 2. The Hall–Kier alpha value is -2.45. The maximum atomic E-state index is 13.4. The van der Waals surface area contributed by atoms with Crippen molar-refractivity contribution >= 4 is 22.9 Å². The van der Waals surface area contributed by atoms with Crippen molar-refractivity contribution in [1.29, 1.82) is 0 Å². The lowest BCUT2D eigenvalue weighted by molar-refractivity contribution is 0.0873. The number of carbonyl (C=O) groups excluding carboxylic acids is 2. The SMILES string of the molecule is Cc1ncc(C(=O)NC(CO)C2CCCCCCC2)c(C2CCN(C(=O)Sc3ccccc3)CC2)n1. The largest absolute Gasteiger partial charge is 0.394 e. The third kappa shape index (κ3) is 7.07. The molecule has 1 unspecified atom stereocenters. The third-order valence-corrected chi connectivity index (χ3v) is 8.44. The molecule has 2 fully saturated rings. The number of aromatic nitrogens is 2. The van der Waals surface area contributed by atoms with Crippen LogP contribution in [0.3, 0.4) is 0 Å². The zero-order chi connectivity index (χ0) is 25.3. The third-order valence-electron chi connectivity index (χ3n) is 7.50. The molecule has 1 aliphatic carbocycles. The first-order chi connectivity index (χ1) is 17.5. The minimum Gasteiger partial charge on any atom is -0.394 e. The number of aliphatic hydroxyl groups is 1. The molecule has 7 nitrogen and oxygen atoms in total. The van der Waals surface area contributed by atoms with E-state index in [-0.39, 0.29) is 29.7 Å². The fourth-order valence-electron chi connectivity index (χ4n) is 5.41. The summed E-state index contributed by atoms with van der Waals surface area (Å²) in [5.74, 6) is 0.820. The van der Waals surface area contributed by atoms with Crippen LogP contribution in [-0.2, 0) is 0 Å². The molecule has 1 atom stereocenters. The van der Waals surface area contributed by atoms with Crippen LogP contribution in [0.1, 0.15) is 85.6 Å². The predicted molar refractivity (Wildman–Crippen MR) is 142 cm³/mol. The number of hydrogen-bond acceptors (Lipinski definition) is 6. The Kier molecular flexibility index (Phi) is 9.75. The molecular weight excluding hydrogens is 472 g/mol. The second-order valence-corrected chi connectivity index (χ2v) is 11.1. The maximum absolute atomic E-state index is 13.4. The summed E-state index contributed by atoms with van der Waals surface area (Å²) >= 11 is 1.26. The first-order valence-electron chi connectivity index (χ1n) is 13.3. The average molecular weight is 511 g/mol. The van der Waals surface area contributed by atoms with E-state index < -0.39 is 0 Å². The minimum atomic E-state index is -0.251. The fraction of sp³-hybridized carbons (Fsp3) is 0.571. The van der Waals surface area contributed by atoms with Gasteiger partial charge in [-0.15, -0.1) is 0 Å². The summed E-state index contributed by atoms with van der Waals surface area (Å²) in [7, 11) is 0. The summed E-state index contributed by atoms with van der Waals surface area (Å²) in [6, 6.07) is 9.45. The molecule has 4 rings (SSSR count). The summed E-state index contributed by atoms with van der Waals surface area (Å²) in [5.41, 5.74) is 1.26. The summed E-state index contributed by atoms with van der Waals surface area (Å²) < 4.78 is 0.